The van der Waals surface area contributed by atoms with Crippen molar-refractivity contribution < 1.29 is 21.5 Å². The van der Waals surface area contributed by atoms with Crippen LogP contribution < -0.4 is 0 Å². The van der Waals surface area contributed by atoms with Crippen molar-refractivity contribution in [2.45, 2.75) is 19.1 Å². The van der Waals surface area contributed by atoms with Gasteiger partial charge in [-0.05, 0) is 23.3 Å². The molecule has 4 nitrogen and oxygen atoms in total. The molecule has 0 aliphatic heterocycles. The molecule has 190 valence electrons. The van der Waals surface area contributed by atoms with Gasteiger partial charge in [0.05, 0.1) is 6.04 Å². The third-order valence-corrected chi connectivity index (χ3v) is 6.08. The Morgan fingerprint density at radius 1 is 0.737 bits per heavy atom. The van der Waals surface area contributed by atoms with Crippen molar-refractivity contribution in [1.29, 1.82) is 0 Å². The Kier molecular flexibility index (Phi) is 10.2. The third kappa shape index (κ3) is 7.39. The topological polar surface area (TPSA) is 42.2 Å². The van der Waals surface area contributed by atoms with Gasteiger partial charge in [-0.1, -0.05) is 78.9 Å². The molecule has 0 N–H and O–H groups in total. The number of allylic oxidation sites excluding steroid dienone is 2. The average Bonchev–Trinajstić information content (AvgIpc) is 3.76. The van der Waals surface area contributed by atoms with E-state index in [1.807, 2.05) is 73.9 Å². The van der Waals surface area contributed by atoms with Gasteiger partial charge < -0.3 is 4.42 Å². The molecule has 0 amide bonds. The summed E-state index contributed by atoms with van der Waals surface area (Å²) in [5, 5.41) is 8.87. The van der Waals surface area contributed by atoms with Crippen molar-refractivity contribution in [3.05, 3.63) is 169 Å². The van der Waals surface area contributed by atoms with E-state index in [2.05, 4.69) is 87.9 Å². The predicted molar refractivity (Wildman–Crippen MR) is 148 cm³/mol. The Balaban J connectivity index is 0.000000504. The fraction of sp³-hybridized carbons (Fsp3) is 0.0909. The van der Waals surface area contributed by atoms with E-state index in [0.717, 1.165) is 24.2 Å². The van der Waals surface area contributed by atoms with Crippen molar-refractivity contribution in [2.75, 3.05) is 0 Å². The third-order valence-electron chi connectivity index (χ3n) is 6.08. The van der Waals surface area contributed by atoms with Crippen molar-refractivity contribution in [3.8, 4) is 11.5 Å². The molecule has 0 saturated heterocycles. The molecule has 1 heterocycles. The second-order valence-electron chi connectivity index (χ2n) is 8.77. The van der Waals surface area contributed by atoms with E-state index in [-0.39, 0.29) is 23.1 Å². The van der Waals surface area contributed by atoms with Crippen molar-refractivity contribution in [2.24, 2.45) is 0 Å². The number of nitrogens with zero attached hydrogens (tertiary/aromatic N) is 3. The first-order valence-corrected chi connectivity index (χ1v) is 12.5. The minimum atomic E-state index is -0.157. The smallest absolute Gasteiger partial charge is 0.419 e. The van der Waals surface area contributed by atoms with Crippen molar-refractivity contribution in [3.63, 3.8) is 0 Å². The van der Waals surface area contributed by atoms with Gasteiger partial charge in [0.25, 0.3) is 0 Å². The molecule has 1 atom stereocenters. The maximum atomic E-state index is 6.25. The summed E-state index contributed by atoms with van der Waals surface area (Å²) < 4.78 is 6.25. The van der Waals surface area contributed by atoms with Crippen LogP contribution in [0.25, 0.3) is 11.5 Å². The zero-order valence-corrected chi connectivity index (χ0v) is 22.1. The second kappa shape index (κ2) is 14.2. The van der Waals surface area contributed by atoms with Crippen molar-refractivity contribution in [1.82, 2.24) is 15.1 Å². The largest absolute Gasteiger partial charge is 2.00 e. The van der Waals surface area contributed by atoms with Crippen LogP contribution in [-0.4, -0.2) is 15.1 Å². The fourth-order valence-electron chi connectivity index (χ4n) is 4.32. The summed E-state index contributed by atoms with van der Waals surface area (Å²) in [5.41, 5.74) is 4.54. The predicted octanol–water partition coefficient (Wildman–Crippen LogP) is 7.41. The Morgan fingerprint density at radius 2 is 1.37 bits per heavy atom. The summed E-state index contributed by atoms with van der Waals surface area (Å²) in [4.78, 5) is 2.39. The van der Waals surface area contributed by atoms with Gasteiger partial charge in [-0.25, -0.2) is 30.7 Å². The van der Waals surface area contributed by atoms with Gasteiger partial charge in [0.15, 0.2) is 0 Å². The number of aromatic nitrogens is 2. The first-order chi connectivity index (χ1) is 18.4. The van der Waals surface area contributed by atoms with Gasteiger partial charge in [0.1, 0.15) is 0 Å². The van der Waals surface area contributed by atoms with Gasteiger partial charge in [-0.2, -0.15) is 12.1 Å². The molecule has 1 aliphatic carbocycles. The molecule has 0 fully saturated rings. The average molecular weight is 539 g/mol. The normalized spacial score (nSPS) is 12.8. The van der Waals surface area contributed by atoms with E-state index in [4.69, 9.17) is 4.42 Å². The first kappa shape index (κ1) is 27.3. The number of hydrogen-bond donors (Lipinski definition) is 0. The van der Waals surface area contributed by atoms with Crippen LogP contribution in [0.5, 0.6) is 0 Å². The van der Waals surface area contributed by atoms with Gasteiger partial charge in [0.2, 0.25) is 11.8 Å². The summed E-state index contributed by atoms with van der Waals surface area (Å²) in [5.74, 6) is 1.14. The van der Waals surface area contributed by atoms with Crippen LogP contribution in [0.15, 0.2) is 132 Å². The quantitative estimate of drug-likeness (QED) is 0.152. The van der Waals surface area contributed by atoms with Crippen LogP contribution in [0, 0.1) is 19.3 Å². The summed E-state index contributed by atoms with van der Waals surface area (Å²) in [6.45, 7) is 1.52. The standard InChI is InChI=1S/C28H24N3O.C5H5.Fe/c1-4-12-22(13-5-1)20-31(21-23-14-6-2-7-15-23)26(24-16-10-11-17-24)28-30-29-27(32-28)25-18-8-3-9-19-25;1-2-4-5-3-1;/h1-19,26H,20-21H2;1-5H;/q2*-1;+2. The van der Waals surface area contributed by atoms with E-state index < -0.39 is 0 Å². The molecule has 0 saturated carbocycles. The molecular weight excluding hydrogens is 510 g/mol. The summed E-state index contributed by atoms with van der Waals surface area (Å²) in [7, 11) is 0. The van der Waals surface area contributed by atoms with Crippen LogP contribution in [0.4, 0.5) is 0 Å². The second-order valence-corrected chi connectivity index (χ2v) is 8.77. The van der Waals surface area contributed by atoms with E-state index in [1.165, 1.54) is 11.1 Å². The molecule has 5 heteroatoms. The SMILES string of the molecule is [CH]1[CH][CH-]C=C1.[Fe+2].c1ccc(CN(Cc2ccccc2)C(c2ccc[cH-]2)c2nnc(-c3ccccc3)o2)cc1. The summed E-state index contributed by atoms with van der Waals surface area (Å²) in [6.07, 6.45) is 10.0. The molecule has 6 rings (SSSR count). The summed E-state index contributed by atoms with van der Waals surface area (Å²) >= 11 is 0. The molecule has 1 aliphatic rings. The van der Waals surface area contributed by atoms with E-state index in [1.54, 1.807) is 0 Å². The zero-order chi connectivity index (χ0) is 25.1. The minimum absolute atomic E-state index is 0. The number of rotatable bonds is 8. The molecule has 38 heavy (non-hydrogen) atoms. The Bertz CT molecular complexity index is 1300. The number of benzene rings is 3. The number of hydrogen-bond acceptors (Lipinski definition) is 4. The van der Waals surface area contributed by atoms with Crippen LogP contribution in [0.1, 0.15) is 28.6 Å². The Labute approximate surface area is 235 Å². The zero-order valence-electron chi connectivity index (χ0n) is 21.0. The van der Waals surface area contributed by atoms with Crippen LogP contribution in [0.2, 0.25) is 0 Å². The van der Waals surface area contributed by atoms with Gasteiger partial charge >= 0.3 is 17.1 Å². The van der Waals surface area contributed by atoms with Crippen LogP contribution >= 0.6 is 0 Å². The van der Waals surface area contributed by atoms with Crippen LogP contribution in [0.3, 0.4) is 0 Å². The molecule has 4 aromatic carbocycles. The Morgan fingerprint density at radius 3 is 1.87 bits per heavy atom. The molecule has 2 radical (unpaired) electrons. The monoisotopic (exact) mass is 539 g/mol. The maximum Gasteiger partial charge on any atom is 2.00 e. The van der Waals surface area contributed by atoms with Crippen LogP contribution in [-0.2, 0) is 30.2 Å². The Hall–Kier alpha value is -3.76. The van der Waals surface area contributed by atoms with E-state index in [0.29, 0.717) is 11.8 Å². The van der Waals surface area contributed by atoms with Gasteiger partial charge in [-0.3, -0.25) is 4.90 Å². The molecule has 1 aromatic heterocycles. The van der Waals surface area contributed by atoms with Gasteiger partial charge in [-0.15, -0.1) is 28.6 Å². The summed E-state index contributed by atoms with van der Waals surface area (Å²) in [6, 6.07) is 39.1. The fourth-order valence-corrected chi connectivity index (χ4v) is 4.32. The molecular formula is C33H29FeN3O. The van der Waals surface area contributed by atoms with E-state index in [9.17, 15) is 0 Å². The minimum Gasteiger partial charge on any atom is -0.419 e. The van der Waals surface area contributed by atoms with E-state index >= 15 is 0 Å². The van der Waals surface area contributed by atoms with Crippen molar-refractivity contribution >= 4 is 0 Å². The van der Waals surface area contributed by atoms with Gasteiger partial charge in [0, 0.05) is 18.7 Å². The molecule has 0 spiro atoms. The maximum absolute atomic E-state index is 6.25. The first-order valence-electron chi connectivity index (χ1n) is 12.5. The molecule has 0 bridgehead atoms. The molecule has 1 unspecified atom stereocenters. The molecule has 5 aromatic rings.